The van der Waals surface area contributed by atoms with Gasteiger partial charge in [0.2, 0.25) is 0 Å². The average Bonchev–Trinajstić information content (AvgIpc) is 3.59. The molecule has 17 heteroatoms. The first-order valence-corrected chi connectivity index (χ1v) is 18.3. The largest absolute Gasteiger partial charge is 0.508 e. The number of H-pyrrole nitrogens is 1. The summed E-state index contributed by atoms with van der Waals surface area (Å²) in [6, 6.07) is 20.8. The Bertz CT molecular complexity index is 1910. The van der Waals surface area contributed by atoms with Crippen LogP contribution < -0.4 is 10.5 Å². The average molecular weight is 803 g/mol. The van der Waals surface area contributed by atoms with Crippen LogP contribution in [0.15, 0.2) is 83.7 Å². The fourth-order valence-electron chi connectivity index (χ4n) is 5.60. The highest BCUT2D eigenvalue weighted by atomic mass is 19.4. The molecule has 0 aliphatic carbocycles. The molecule has 1 aliphatic rings. The smallest absolute Gasteiger partial charge is 0.440 e. The third-order valence-electron chi connectivity index (χ3n) is 8.34. The molecule has 1 atom stereocenters. The molecule has 0 spiro atoms. The summed E-state index contributed by atoms with van der Waals surface area (Å²) < 4.78 is 88.8. The Morgan fingerprint density at radius 3 is 1.91 bits per heavy atom. The quantitative estimate of drug-likeness (QED) is 0.0654. The van der Waals surface area contributed by atoms with Gasteiger partial charge < -0.3 is 47.6 Å². The summed E-state index contributed by atoms with van der Waals surface area (Å²) in [5, 5.41) is 0.534. The Morgan fingerprint density at radius 1 is 0.702 bits per heavy atom. The number of aromatic nitrogens is 1. The predicted molar refractivity (Wildman–Crippen MR) is 200 cm³/mol. The van der Waals surface area contributed by atoms with E-state index in [2.05, 4.69) is 4.98 Å². The number of fused-ring (bicyclic) bond motifs is 1. The van der Waals surface area contributed by atoms with Crippen LogP contribution in [0, 0.1) is 0 Å². The number of amides is 1. The summed E-state index contributed by atoms with van der Waals surface area (Å²) >= 11 is 0. The third kappa shape index (κ3) is 14.1. The molecule has 0 saturated carbocycles. The van der Waals surface area contributed by atoms with Gasteiger partial charge in [0, 0.05) is 22.3 Å². The molecule has 0 unspecified atom stereocenters. The monoisotopic (exact) mass is 802 g/mol. The van der Waals surface area contributed by atoms with Crippen molar-refractivity contribution in [2.45, 2.75) is 18.9 Å². The van der Waals surface area contributed by atoms with Gasteiger partial charge in [-0.15, -0.1) is 0 Å². The number of benzene rings is 3. The van der Waals surface area contributed by atoms with Gasteiger partial charge in [-0.25, -0.2) is 9.59 Å². The number of nitrogens with zero attached hydrogens (tertiary/aromatic N) is 1. The summed E-state index contributed by atoms with van der Waals surface area (Å²) in [7, 11) is 0. The molecule has 1 fully saturated rings. The fraction of sp³-hybridized carbons (Fsp3) is 0.425. The van der Waals surface area contributed by atoms with E-state index in [0.29, 0.717) is 77.1 Å². The number of alkyl halides is 3. The Balaban J connectivity index is 0.860. The van der Waals surface area contributed by atoms with Gasteiger partial charge in [-0.1, -0.05) is 54.6 Å². The maximum Gasteiger partial charge on any atom is 0.508 e. The maximum atomic E-state index is 13.6. The van der Waals surface area contributed by atoms with E-state index in [9.17, 15) is 27.6 Å². The predicted octanol–water partition coefficient (Wildman–Crippen LogP) is 5.99. The molecule has 1 saturated heterocycles. The number of aromatic amines is 1. The van der Waals surface area contributed by atoms with E-state index in [-0.39, 0.29) is 49.6 Å². The van der Waals surface area contributed by atoms with Crippen molar-refractivity contribution in [1.82, 2.24) is 4.98 Å². The first-order chi connectivity index (χ1) is 27.7. The first-order valence-electron chi connectivity index (χ1n) is 18.3. The van der Waals surface area contributed by atoms with E-state index in [1.54, 1.807) is 6.07 Å². The van der Waals surface area contributed by atoms with E-state index < -0.39 is 35.7 Å². The second kappa shape index (κ2) is 22.6. The van der Waals surface area contributed by atoms with Gasteiger partial charge in [-0.05, 0) is 35.2 Å². The molecule has 1 N–H and O–H groups in total. The van der Waals surface area contributed by atoms with Gasteiger partial charge in [0.15, 0.2) is 6.10 Å². The number of ether oxygens (including phenoxy) is 9. The van der Waals surface area contributed by atoms with Crippen LogP contribution in [-0.2, 0) is 55.4 Å². The number of cyclic esters (lactones) is 1. The molecule has 0 bridgehead atoms. The molecular formula is C40H45F3N2O12. The van der Waals surface area contributed by atoms with Crippen molar-refractivity contribution in [3.63, 3.8) is 0 Å². The summed E-state index contributed by atoms with van der Waals surface area (Å²) in [5.41, 5.74) is -0.229. The Kier molecular flexibility index (Phi) is 17.1. The molecule has 2 heterocycles. The number of hydrogen-bond donors (Lipinski definition) is 1. The van der Waals surface area contributed by atoms with Crippen LogP contribution in [0.25, 0.3) is 22.0 Å². The molecule has 308 valence electrons. The van der Waals surface area contributed by atoms with E-state index >= 15 is 0 Å². The molecule has 5 rings (SSSR count). The van der Waals surface area contributed by atoms with Crippen LogP contribution in [0.5, 0.6) is 0 Å². The second-order valence-corrected chi connectivity index (χ2v) is 12.5. The van der Waals surface area contributed by atoms with Crippen LogP contribution in [0.3, 0.4) is 0 Å². The number of carbonyl (C=O) groups excluding carboxylic acids is 2. The zero-order chi connectivity index (χ0) is 40.3. The zero-order valence-electron chi connectivity index (χ0n) is 31.2. The number of nitrogens with one attached hydrogen (secondary N) is 1. The van der Waals surface area contributed by atoms with Crippen molar-refractivity contribution >= 4 is 28.7 Å². The van der Waals surface area contributed by atoms with Crippen molar-refractivity contribution in [1.29, 1.82) is 0 Å². The van der Waals surface area contributed by atoms with Gasteiger partial charge in [0.05, 0.1) is 91.4 Å². The zero-order valence-corrected chi connectivity index (χ0v) is 31.2. The Morgan fingerprint density at radius 2 is 1.28 bits per heavy atom. The summed E-state index contributed by atoms with van der Waals surface area (Å²) in [5.74, 6) is 0. The standard InChI is InChI=1S/C40H45F3N2O12/c41-40(42,43)35-9-5-4-8-33(35)36-24-30-10-11-31(25-34(30)37(46)44-36)45-26-32(57-38(45)47)28-56-39(48)55-23-22-53-19-18-51-15-14-49-12-13-50-16-17-52-20-21-54-27-29-6-2-1-3-7-29/h1-11,24-25,32H,12-23,26-28H2,(H,44,46)/t32-/m0/s1. The lowest BCUT2D eigenvalue weighted by atomic mass is 10.0. The van der Waals surface area contributed by atoms with Gasteiger partial charge in [0.25, 0.3) is 5.56 Å². The van der Waals surface area contributed by atoms with Crippen LogP contribution in [0.4, 0.5) is 28.4 Å². The third-order valence-corrected chi connectivity index (χ3v) is 8.34. The lowest BCUT2D eigenvalue weighted by Crippen LogP contribution is -2.27. The molecule has 57 heavy (non-hydrogen) atoms. The SMILES string of the molecule is O=C(OCCOCCOCCOCCOCCOCCOCc1ccccc1)OC[C@@H]1CN(c2ccc3cc(-c4ccccc4C(F)(F)F)[nH]c(=O)c3c2)C(=O)O1. The maximum absolute atomic E-state index is 13.6. The van der Waals surface area contributed by atoms with Crippen LogP contribution >= 0.6 is 0 Å². The Labute approximate surface area is 326 Å². The number of anilines is 1. The molecule has 14 nitrogen and oxygen atoms in total. The van der Waals surface area contributed by atoms with Crippen molar-refractivity contribution in [2.75, 3.05) is 97.3 Å². The van der Waals surface area contributed by atoms with Crippen LogP contribution in [0.1, 0.15) is 11.1 Å². The van der Waals surface area contributed by atoms with E-state index in [1.165, 1.54) is 41.3 Å². The second-order valence-electron chi connectivity index (χ2n) is 12.5. The van der Waals surface area contributed by atoms with E-state index in [1.807, 2.05) is 30.3 Å². The minimum Gasteiger partial charge on any atom is -0.440 e. The van der Waals surface area contributed by atoms with Gasteiger partial charge in [-0.2, -0.15) is 13.2 Å². The van der Waals surface area contributed by atoms with Crippen LogP contribution in [0.2, 0.25) is 0 Å². The number of pyridine rings is 1. The van der Waals surface area contributed by atoms with Crippen molar-refractivity contribution < 1.29 is 65.4 Å². The van der Waals surface area contributed by atoms with E-state index in [0.717, 1.165) is 11.6 Å². The van der Waals surface area contributed by atoms with Crippen LogP contribution in [-0.4, -0.2) is 116 Å². The molecule has 1 aliphatic heterocycles. The van der Waals surface area contributed by atoms with E-state index in [4.69, 9.17) is 42.6 Å². The van der Waals surface area contributed by atoms with Gasteiger partial charge >= 0.3 is 18.4 Å². The topological polar surface area (TPSA) is 153 Å². The van der Waals surface area contributed by atoms with Crippen molar-refractivity contribution in [3.05, 3.63) is 100 Å². The molecule has 3 aromatic carbocycles. The van der Waals surface area contributed by atoms with Gasteiger partial charge in [-0.3, -0.25) is 9.69 Å². The minimum absolute atomic E-state index is 0.00424. The number of halogens is 3. The number of rotatable bonds is 24. The summed E-state index contributed by atoms with van der Waals surface area (Å²) in [6.45, 7) is 4.55. The lowest BCUT2D eigenvalue weighted by molar-refractivity contribution is -0.137. The molecule has 4 aromatic rings. The lowest BCUT2D eigenvalue weighted by Gasteiger charge is -2.15. The summed E-state index contributed by atoms with van der Waals surface area (Å²) in [6.07, 6.45) is -7.13. The molecular weight excluding hydrogens is 757 g/mol. The molecule has 0 radical (unpaired) electrons. The normalized spacial score (nSPS) is 14.3. The number of carbonyl (C=O) groups is 2. The highest BCUT2D eigenvalue weighted by Gasteiger charge is 2.35. The van der Waals surface area contributed by atoms with Crippen molar-refractivity contribution in [2.24, 2.45) is 0 Å². The Hall–Kier alpha value is -5.04. The van der Waals surface area contributed by atoms with Crippen molar-refractivity contribution in [3.8, 4) is 11.3 Å². The highest BCUT2D eigenvalue weighted by Crippen LogP contribution is 2.37. The number of hydrogen-bond acceptors (Lipinski definition) is 12. The summed E-state index contributed by atoms with van der Waals surface area (Å²) in [4.78, 5) is 41.4. The van der Waals surface area contributed by atoms with Gasteiger partial charge in [0.1, 0.15) is 13.2 Å². The minimum atomic E-state index is -4.61. The molecule has 1 amide bonds. The first kappa shape index (κ1) is 43.1. The highest BCUT2D eigenvalue weighted by molar-refractivity contribution is 5.94. The molecule has 1 aromatic heterocycles. The fourth-order valence-corrected chi connectivity index (χ4v) is 5.60.